The minimum atomic E-state index is -0.653. The van der Waals surface area contributed by atoms with E-state index in [1.165, 1.54) is 5.01 Å². The molecule has 3 amide bonds. The Bertz CT molecular complexity index is 1320. The van der Waals surface area contributed by atoms with Crippen molar-refractivity contribution >= 4 is 23.3 Å². The van der Waals surface area contributed by atoms with E-state index in [9.17, 15) is 9.59 Å². The number of amides is 3. The number of fused-ring (bicyclic) bond motifs is 1. The van der Waals surface area contributed by atoms with Gasteiger partial charge in [-0.25, -0.2) is 9.80 Å². The Kier molecular flexibility index (Phi) is 7.10. The summed E-state index contributed by atoms with van der Waals surface area (Å²) in [6.45, 7) is 1.88. The SMILES string of the molecule is COc1ccccc1NC(=O)c1ccc(C2=NN(C(N)=O)C(C)Cc3cc(OC)c(OC)cc32)cc1. The molecule has 4 rings (SSSR count). The number of carbonyl (C=O) groups excluding carboxylic acids is 2. The molecule has 1 unspecified atom stereocenters. The zero-order valence-electron chi connectivity index (χ0n) is 20.6. The van der Waals surface area contributed by atoms with E-state index in [-0.39, 0.29) is 11.9 Å². The van der Waals surface area contributed by atoms with Crippen molar-refractivity contribution in [1.29, 1.82) is 0 Å². The predicted molar refractivity (Wildman–Crippen MR) is 137 cm³/mol. The van der Waals surface area contributed by atoms with Gasteiger partial charge >= 0.3 is 6.03 Å². The summed E-state index contributed by atoms with van der Waals surface area (Å²) in [4.78, 5) is 25.1. The fourth-order valence-electron chi connectivity index (χ4n) is 4.18. The summed E-state index contributed by atoms with van der Waals surface area (Å²) >= 11 is 0. The van der Waals surface area contributed by atoms with Crippen molar-refractivity contribution in [3.63, 3.8) is 0 Å². The van der Waals surface area contributed by atoms with Gasteiger partial charge in [-0.1, -0.05) is 24.3 Å². The lowest BCUT2D eigenvalue weighted by Gasteiger charge is -2.20. The molecule has 0 saturated carbocycles. The number of primary amides is 1. The van der Waals surface area contributed by atoms with Crippen LogP contribution in [-0.4, -0.2) is 50.0 Å². The molecule has 3 N–H and O–H groups in total. The molecule has 0 spiro atoms. The quantitative estimate of drug-likeness (QED) is 0.543. The van der Waals surface area contributed by atoms with Gasteiger partial charge in [0.25, 0.3) is 5.91 Å². The fraction of sp³-hybridized carbons (Fsp3) is 0.222. The van der Waals surface area contributed by atoms with Crippen LogP contribution in [0.3, 0.4) is 0 Å². The molecule has 3 aromatic carbocycles. The van der Waals surface area contributed by atoms with Gasteiger partial charge in [-0.15, -0.1) is 0 Å². The molecule has 3 aromatic rings. The summed E-state index contributed by atoms with van der Waals surface area (Å²) in [5.41, 5.74) is 9.62. The van der Waals surface area contributed by atoms with Gasteiger partial charge in [0.15, 0.2) is 11.5 Å². The van der Waals surface area contributed by atoms with E-state index in [0.717, 1.165) is 11.1 Å². The standard InChI is InChI=1S/C27H28N4O5/c1-16-13-19-14-23(35-3)24(36-4)15-20(19)25(30-31(16)27(28)33)17-9-11-18(12-10-17)26(32)29-21-7-5-6-8-22(21)34-2/h5-12,14-16H,13H2,1-4H3,(H2,28,33)(H,29,32). The average Bonchev–Trinajstić information content (AvgIpc) is 3.03. The number of anilines is 1. The van der Waals surface area contributed by atoms with Crippen LogP contribution in [-0.2, 0) is 6.42 Å². The summed E-state index contributed by atoms with van der Waals surface area (Å²) in [5, 5.41) is 8.76. The van der Waals surface area contributed by atoms with Crippen LogP contribution < -0.4 is 25.3 Å². The summed E-state index contributed by atoms with van der Waals surface area (Å²) in [6, 6.07) is 17.0. The van der Waals surface area contributed by atoms with Crippen LogP contribution in [0.2, 0.25) is 0 Å². The molecule has 0 fully saturated rings. The second-order valence-corrected chi connectivity index (χ2v) is 8.28. The van der Waals surface area contributed by atoms with Gasteiger partial charge in [-0.2, -0.15) is 5.10 Å². The van der Waals surface area contributed by atoms with Crippen molar-refractivity contribution in [1.82, 2.24) is 5.01 Å². The van der Waals surface area contributed by atoms with Gasteiger partial charge in [-0.05, 0) is 55.3 Å². The lowest BCUT2D eigenvalue weighted by Crippen LogP contribution is -2.39. The number of ether oxygens (including phenoxy) is 3. The van der Waals surface area contributed by atoms with E-state index in [2.05, 4.69) is 10.4 Å². The van der Waals surface area contributed by atoms with E-state index in [4.69, 9.17) is 19.9 Å². The smallest absolute Gasteiger partial charge is 0.335 e. The second-order valence-electron chi connectivity index (χ2n) is 8.28. The fourth-order valence-corrected chi connectivity index (χ4v) is 4.18. The zero-order valence-corrected chi connectivity index (χ0v) is 20.6. The lowest BCUT2D eigenvalue weighted by molar-refractivity contribution is 0.102. The molecule has 1 atom stereocenters. The van der Waals surface area contributed by atoms with Gasteiger partial charge in [0, 0.05) is 16.7 Å². The maximum atomic E-state index is 12.9. The Morgan fingerprint density at radius 3 is 2.22 bits per heavy atom. The number of carbonyl (C=O) groups is 2. The number of methoxy groups -OCH3 is 3. The van der Waals surface area contributed by atoms with Crippen molar-refractivity contribution in [2.75, 3.05) is 26.6 Å². The first-order valence-corrected chi connectivity index (χ1v) is 11.3. The number of nitrogens with one attached hydrogen (secondary N) is 1. The Labute approximate surface area is 209 Å². The predicted octanol–water partition coefficient (Wildman–Crippen LogP) is 4.04. The summed E-state index contributed by atoms with van der Waals surface area (Å²) in [6.07, 6.45) is 0.519. The molecule has 0 saturated heterocycles. The highest BCUT2D eigenvalue weighted by molar-refractivity contribution is 6.15. The average molecular weight is 489 g/mol. The first-order valence-electron chi connectivity index (χ1n) is 11.3. The van der Waals surface area contributed by atoms with Crippen molar-refractivity contribution < 1.29 is 23.8 Å². The van der Waals surface area contributed by atoms with Crippen LogP contribution in [0.4, 0.5) is 10.5 Å². The minimum absolute atomic E-state index is 0.275. The molecule has 36 heavy (non-hydrogen) atoms. The van der Waals surface area contributed by atoms with Crippen molar-refractivity contribution in [2.45, 2.75) is 19.4 Å². The van der Waals surface area contributed by atoms with Crippen LogP contribution >= 0.6 is 0 Å². The van der Waals surface area contributed by atoms with Crippen LogP contribution in [0.5, 0.6) is 17.2 Å². The highest BCUT2D eigenvalue weighted by Crippen LogP contribution is 2.34. The Hall–Kier alpha value is -4.53. The Balaban J connectivity index is 1.73. The third-order valence-electron chi connectivity index (χ3n) is 6.01. The Morgan fingerprint density at radius 1 is 0.944 bits per heavy atom. The molecule has 9 heteroatoms. The number of nitrogens with zero attached hydrogens (tertiary/aromatic N) is 2. The molecule has 186 valence electrons. The summed E-state index contributed by atoms with van der Waals surface area (Å²) in [7, 11) is 4.68. The van der Waals surface area contributed by atoms with E-state index in [0.29, 0.717) is 46.2 Å². The van der Waals surface area contributed by atoms with Crippen molar-refractivity contribution in [3.8, 4) is 17.2 Å². The molecule has 0 aromatic heterocycles. The molecular weight excluding hydrogens is 460 g/mol. The number of para-hydroxylation sites is 2. The van der Waals surface area contributed by atoms with E-state index in [1.807, 2.05) is 31.2 Å². The molecular formula is C27H28N4O5. The number of hydrogen-bond acceptors (Lipinski definition) is 6. The van der Waals surface area contributed by atoms with E-state index < -0.39 is 6.03 Å². The number of hydrazone groups is 1. The lowest BCUT2D eigenvalue weighted by atomic mass is 9.93. The molecule has 0 bridgehead atoms. The molecule has 0 radical (unpaired) electrons. The summed E-state index contributed by atoms with van der Waals surface area (Å²) in [5.74, 6) is 1.40. The van der Waals surface area contributed by atoms with E-state index in [1.54, 1.807) is 57.7 Å². The van der Waals surface area contributed by atoms with Gasteiger partial charge < -0.3 is 25.3 Å². The number of hydrogen-bond donors (Lipinski definition) is 2. The third kappa shape index (κ3) is 4.81. The number of nitrogens with two attached hydrogens (primary N) is 1. The van der Waals surface area contributed by atoms with Gasteiger partial charge in [0.1, 0.15) is 5.75 Å². The van der Waals surface area contributed by atoms with Gasteiger partial charge in [0.2, 0.25) is 0 Å². The highest BCUT2D eigenvalue weighted by atomic mass is 16.5. The van der Waals surface area contributed by atoms with E-state index >= 15 is 0 Å². The maximum absolute atomic E-state index is 12.9. The van der Waals surface area contributed by atoms with Crippen LogP contribution in [0.15, 0.2) is 65.8 Å². The number of benzene rings is 3. The largest absolute Gasteiger partial charge is 0.495 e. The zero-order chi connectivity index (χ0) is 25.8. The highest BCUT2D eigenvalue weighted by Gasteiger charge is 2.27. The normalized spacial score (nSPS) is 14.7. The maximum Gasteiger partial charge on any atom is 0.335 e. The van der Waals surface area contributed by atoms with Crippen LogP contribution in [0.25, 0.3) is 0 Å². The molecule has 1 aliphatic heterocycles. The number of urea groups is 1. The molecule has 1 heterocycles. The molecule has 1 aliphatic rings. The molecule has 0 aliphatic carbocycles. The first kappa shape index (κ1) is 24.6. The topological polar surface area (TPSA) is 115 Å². The van der Waals surface area contributed by atoms with Gasteiger partial charge in [0.05, 0.1) is 38.8 Å². The van der Waals surface area contributed by atoms with Gasteiger partial charge in [-0.3, -0.25) is 4.79 Å². The van der Waals surface area contributed by atoms with Crippen molar-refractivity contribution in [2.24, 2.45) is 10.8 Å². The third-order valence-corrected chi connectivity index (χ3v) is 6.01. The summed E-state index contributed by atoms with van der Waals surface area (Å²) < 4.78 is 16.3. The minimum Gasteiger partial charge on any atom is -0.495 e. The second kappa shape index (κ2) is 10.4. The number of rotatable bonds is 6. The molecule has 9 nitrogen and oxygen atoms in total. The monoisotopic (exact) mass is 488 g/mol. The Morgan fingerprint density at radius 2 is 1.58 bits per heavy atom. The van der Waals surface area contributed by atoms with Crippen LogP contribution in [0.1, 0.15) is 34.0 Å². The first-order chi connectivity index (χ1) is 17.4. The van der Waals surface area contributed by atoms with Crippen LogP contribution in [0, 0.1) is 0 Å². The van der Waals surface area contributed by atoms with Crippen molar-refractivity contribution in [3.05, 3.63) is 82.9 Å².